The number of benzene rings is 1. The minimum absolute atomic E-state index is 0.114. The van der Waals surface area contributed by atoms with Crippen LogP contribution in [0.2, 0.25) is 0 Å². The van der Waals surface area contributed by atoms with Gasteiger partial charge in [0.1, 0.15) is 17.5 Å². The molecule has 5 aromatic rings. The van der Waals surface area contributed by atoms with E-state index in [9.17, 15) is 19.6 Å². The molecule has 0 radical (unpaired) electrons. The maximum absolute atomic E-state index is 13.6. The fourth-order valence-electron chi connectivity index (χ4n) is 8.47. The van der Waals surface area contributed by atoms with Crippen LogP contribution in [0.5, 0.6) is 0 Å². The number of pyridine rings is 3. The number of rotatable bonds is 9. The van der Waals surface area contributed by atoms with Crippen LogP contribution in [0.3, 0.4) is 0 Å². The Morgan fingerprint density at radius 3 is 2.53 bits per heavy atom. The molecule has 0 atom stereocenters. The summed E-state index contributed by atoms with van der Waals surface area (Å²) >= 11 is 0. The van der Waals surface area contributed by atoms with Crippen molar-refractivity contribution in [2.75, 3.05) is 36.4 Å². The van der Waals surface area contributed by atoms with E-state index in [1.807, 2.05) is 42.9 Å². The molecule has 1 aromatic carbocycles. The number of hydrogen-bond donors (Lipinski definition) is 3. The van der Waals surface area contributed by atoms with Crippen molar-refractivity contribution in [2.24, 2.45) is 5.92 Å². The first-order valence-electron chi connectivity index (χ1n) is 19.4. The third-order valence-electron chi connectivity index (χ3n) is 11.3. The monoisotopic (exact) mass is 738 g/mol. The number of amides is 4. The summed E-state index contributed by atoms with van der Waals surface area (Å²) in [4.78, 5) is 55.6. The number of nitrogens with one attached hydrogen (secondary N) is 3. The average Bonchev–Trinajstić information content (AvgIpc) is 3.62. The van der Waals surface area contributed by atoms with Gasteiger partial charge in [0.05, 0.1) is 28.7 Å². The van der Waals surface area contributed by atoms with Crippen LogP contribution < -0.4 is 20.9 Å². The van der Waals surface area contributed by atoms with Crippen LogP contribution in [-0.2, 0) is 4.79 Å². The molecule has 1 aliphatic carbocycles. The van der Waals surface area contributed by atoms with Gasteiger partial charge in [-0.2, -0.15) is 5.26 Å². The first-order chi connectivity index (χ1) is 26.7. The van der Waals surface area contributed by atoms with E-state index in [2.05, 4.69) is 60.1 Å². The molecule has 3 aliphatic rings. The van der Waals surface area contributed by atoms with Gasteiger partial charge in [-0.05, 0) is 101 Å². The Bertz CT molecular complexity index is 2300. The highest BCUT2D eigenvalue weighted by Crippen LogP contribution is 2.35. The molecule has 2 aliphatic heterocycles. The number of carbonyl (C=O) groups excluding carboxylic acids is 3. The topological polar surface area (TPSA) is 161 Å². The van der Waals surface area contributed by atoms with Crippen molar-refractivity contribution in [3.63, 3.8) is 0 Å². The number of fused-ring (bicyclic) bond motifs is 2. The number of nitrogens with zero attached hydrogens (tertiary/aromatic N) is 7. The SMILES string of the molecule is CC(C)Nc1cc(-n2ccc3cc(C#N)cnc32)ncc1C(=O)NC1CCC(CN2CCC(c3ccc4c(N5CCC(=O)NC5=O)cncc4c3)CC2)CC1. The Hall–Kier alpha value is -5.87. The van der Waals surface area contributed by atoms with Crippen molar-refractivity contribution in [2.45, 2.75) is 76.8 Å². The lowest BCUT2D eigenvalue weighted by Gasteiger charge is -2.37. The molecule has 1 saturated carbocycles. The lowest BCUT2D eigenvalue weighted by atomic mass is 9.84. The molecule has 55 heavy (non-hydrogen) atoms. The molecule has 282 valence electrons. The molecule has 6 heterocycles. The number of piperidine rings is 1. The van der Waals surface area contributed by atoms with Crippen LogP contribution in [0.15, 0.2) is 67.4 Å². The van der Waals surface area contributed by atoms with Gasteiger partial charge >= 0.3 is 6.03 Å². The fourth-order valence-corrected chi connectivity index (χ4v) is 8.47. The quantitative estimate of drug-likeness (QED) is 0.158. The number of urea groups is 1. The highest BCUT2D eigenvalue weighted by Gasteiger charge is 2.29. The van der Waals surface area contributed by atoms with E-state index in [1.54, 1.807) is 29.6 Å². The van der Waals surface area contributed by atoms with Crippen molar-refractivity contribution < 1.29 is 14.4 Å². The van der Waals surface area contributed by atoms with E-state index < -0.39 is 6.03 Å². The molecule has 0 spiro atoms. The van der Waals surface area contributed by atoms with Gasteiger partial charge in [-0.3, -0.25) is 29.4 Å². The second-order valence-corrected chi connectivity index (χ2v) is 15.5. The number of likely N-dealkylation sites (tertiary alicyclic amines) is 1. The van der Waals surface area contributed by atoms with Gasteiger partial charge in [0.2, 0.25) is 5.91 Å². The normalized spacial score (nSPS) is 19.8. The van der Waals surface area contributed by atoms with Crippen LogP contribution in [0.1, 0.15) is 86.2 Å². The summed E-state index contributed by atoms with van der Waals surface area (Å²) in [6, 6.07) is 14.1. The fraction of sp³-hybridized carbons (Fsp3) is 0.405. The minimum atomic E-state index is -0.396. The molecular formula is C42H46N10O3. The lowest BCUT2D eigenvalue weighted by molar-refractivity contribution is -0.120. The van der Waals surface area contributed by atoms with Gasteiger partial charge in [-0.25, -0.2) is 14.8 Å². The molecule has 2 saturated heterocycles. The zero-order valence-electron chi connectivity index (χ0n) is 31.3. The van der Waals surface area contributed by atoms with Gasteiger partial charge in [-0.15, -0.1) is 0 Å². The van der Waals surface area contributed by atoms with Gasteiger partial charge < -0.3 is 15.5 Å². The molecule has 13 nitrogen and oxygen atoms in total. The van der Waals surface area contributed by atoms with Crippen LogP contribution in [0.25, 0.3) is 27.6 Å². The van der Waals surface area contributed by atoms with Gasteiger partial charge in [0.25, 0.3) is 5.91 Å². The molecule has 8 rings (SSSR count). The van der Waals surface area contributed by atoms with E-state index in [0.717, 1.165) is 85.7 Å². The summed E-state index contributed by atoms with van der Waals surface area (Å²) in [6.45, 7) is 7.65. The first kappa shape index (κ1) is 36.1. The molecule has 0 unspecified atom stereocenters. The molecule has 3 fully saturated rings. The summed E-state index contributed by atoms with van der Waals surface area (Å²) in [7, 11) is 0. The number of carbonyl (C=O) groups is 3. The van der Waals surface area contributed by atoms with E-state index in [4.69, 9.17) is 0 Å². The molecule has 0 bridgehead atoms. The molecule has 4 aromatic heterocycles. The Labute approximate surface area is 320 Å². The summed E-state index contributed by atoms with van der Waals surface area (Å²) in [5.41, 5.74) is 4.49. The average molecular weight is 739 g/mol. The number of nitriles is 1. The van der Waals surface area contributed by atoms with Gasteiger partial charge in [0, 0.05) is 78.6 Å². The standard InChI is InChI=1S/C42H46N10O3/c1-26(2)47-36-19-38(52-15-11-31-17-28(20-43)21-46-40(31)52)45-23-35(36)41(54)48-33-6-3-27(4-7-33)25-50-13-9-29(10-14-50)30-5-8-34-32(18-30)22-44-24-37(34)51-16-12-39(53)49-42(51)55/h5,8,11,15,17-19,21-24,26-27,29,33H,3-4,6-7,9-10,12-14,16,25H2,1-2H3,(H,45,47)(H,48,54)(H,49,53,55). The van der Waals surface area contributed by atoms with E-state index >= 15 is 0 Å². The highest BCUT2D eigenvalue weighted by molar-refractivity contribution is 6.09. The number of aromatic nitrogens is 4. The molecule has 13 heteroatoms. The van der Waals surface area contributed by atoms with Gasteiger partial charge in [-0.1, -0.05) is 12.1 Å². The van der Waals surface area contributed by atoms with Crippen LogP contribution >= 0.6 is 0 Å². The second kappa shape index (κ2) is 15.5. The summed E-state index contributed by atoms with van der Waals surface area (Å²) in [5, 5.41) is 21.2. The Morgan fingerprint density at radius 1 is 0.945 bits per heavy atom. The summed E-state index contributed by atoms with van der Waals surface area (Å²) in [5.74, 6) is 1.37. The maximum Gasteiger partial charge on any atom is 0.328 e. The third-order valence-corrected chi connectivity index (χ3v) is 11.3. The van der Waals surface area contributed by atoms with E-state index in [0.29, 0.717) is 41.0 Å². The molecular weight excluding hydrogens is 693 g/mol. The zero-order chi connectivity index (χ0) is 38.1. The van der Waals surface area contributed by atoms with Crippen LogP contribution in [0, 0.1) is 17.2 Å². The molecule has 3 N–H and O–H groups in total. The number of imide groups is 1. The highest BCUT2D eigenvalue weighted by atomic mass is 16.2. The predicted octanol–water partition coefficient (Wildman–Crippen LogP) is 6.28. The Morgan fingerprint density at radius 2 is 1.76 bits per heavy atom. The number of hydrogen-bond acceptors (Lipinski definition) is 9. The predicted molar refractivity (Wildman–Crippen MR) is 211 cm³/mol. The lowest BCUT2D eigenvalue weighted by Crippen LogP contribution is -2.49. The smallest absolute Gasteiger partial charge is 0.328 e. The van der Waals surface area contributed by atoms with E-state index in [1.165, 1.54) is 5.56 Å². The van der Waals surface area contributed by atoms with Crippen molar-refractivity contribution in [1.82, 2.24) is 35.1 Å². The third kappa shape index (κ3) is 7.73. The molecule has 4 amide bonds. The maximum atomic E-state index is 13.6. The van der Waals surface area contributed by atoms with Crippen molar-refractivity contribution in [3.8, 4) is 11.9 Å². The summed E-state index contributed by atoms with van der Waals surface area (Å²) < 4.78 is 1.87. The second-order valence-electron chi connectivity index (χ2n) is 15.5. The Balaban J connectivity index is 0.838. The van der Waals surface area contributed by atoms with Crippen LogP contribution in [-0.4, -0.2) is 80.5 Å². The first-order valence-corrected chi connectivity index (χ1v) is 19.4. The summed E-state index contributed by atoms with van der Waals surface area (Å²) in [6.07, 6.45) is 15.2. The van der Waals surface area contributed by atoms with Gasteiger partial charge in [0.15, 0.2) is 0 Å². The Kier molecular flexibility index (Phi) is 10.2. The van der Waals surface area contributed by atoms with Crippen molar-refractivity contribution in [1.29, 1.82) is 5.26 Å². The van der Waals surface area contributed by atoms with E-state index in [-0.39, 0.29) is 30.3 Å². The van der Waals surface area contributed by atoms with Crippen LogP contribution in [0.4, 0.5) is 16.2 Å². The van der Waals surface area contributed by atoms with Crippen molar-refractivity contribution >= 4 is 51.0 Å². The minimum Gasteiger partial charge on any atom is -0.382 e. The largest absolute Gasteiger partial charge is 0.382 e. The number of anilines is 2. The van der Waals surface area contributed by atoms with Crippen molar-refractivity contribution in [3.05, 3.63) is 84.1 Å². The zero-order valence-corrected chi connectivity index (χ0v) is 31.3.